The molecule has 5 aliphatic rings. The van der Waals surface area contributed by atoms with Crippen LogP contribution >= 0.6 is 0 Å². The third kappa shape index (κ3) is 4.71. The standard InChI is InChI=1S/C31H46FNO10/c1-16-11-20-19-6-5-17-12-18(33-9-4-10-42-27-26(40)25(39)24(38)21(14-34)43-27)7-8-28(17,2)30(19,32)22(36)13-29(20,3)31(16,41)23(37)15-35/h7-8,12,16,19-22,24-27,34-36,38-41H,4-6,9-11,13-15H2,1-3H3/t16-,19+,20+,21-,22+,24-,25+,26+,27+,28+,29+,30+,31+/m1/s1. The molecule has 4 fully saturated rings. The van der Waals surface area contributed by atoms with Crippen molar-refractivity contribution in [2.24, 2.45) is 33.6 Å². The van der Waals surface area contributed by atoms with Crippen LogP contribution in [0.1, 0.15) is 52.9 Å². The van der Waals surface area contributed by atoms with Crippen LogP contribution in [0, 0.1) is 28.6 Å². The lowest BCUT2D eigenvalue weighted by Crippen LogP contribution is -2.69. The molecule has 1 saturated heterocycles. The van der Waals surface area contributed by atoms with E-state index in [-0.39, 0.29) is 18.9 Å². The normalized spacial score (nSPS) is 50.2. The van der Waals surface area contributed by atoms with Crippen LogP contribution in [0.25, 0.3) is 0 Å². The largest absolute Gasteiger partial charge is 0.394 e. The Hall–Kier alpha value is -1.61. The fourth-order valence-corrected chi connectivity index (χ4v) is 9.05. The number of fused-ring (bicyclic) bond motifs is 5. The number of aliphatic imine (C=N–C) groups is 1. The number of hydrogen-bond acceptors (Lipinski definition) is 11. The van der Waals surface area contributed by atoms with Gasteiger partial charge < -0.3 is 45.2 Å². The second-order valence-electron chi connectivity index (χ2n) is 13.6. The van der Waals surface area contributed by atoms with Crippen molar-refractivity contribution in [2.45, 2.75) is 101 Å². The molecule has 4 aliphatic carbocycles. The lowest BCUT2D eigenvalue weighted by atomic mass is 9.44. The van der Waals surface area contributed by atoms with Crippen molar-refractivity contribution in [3.05, 3.63) is 23.8 Å². The lowest BCUT2D eigenvalue weighted by molar-refractivity contribution is -0.301. The number of carbonyl (C=O) groups is 1. The molecule has 13 atom stereocenters. The Morgan fingerprint density at radius 2 is 1.86 bits per heavy atom. The molecule has 0 aromatic rings. The number of allylic oxidation sites excluding steroid dienone is 4. The smallest absolute Gasteiger partial charge is 0.190 e. The Balaban J connectivity index is 1.26. The molecule has 1 heterocycles. The predicted molar refractivity (Wildman–Crippen MR) is 152 cm³/mol. The molecule has 7 N–H and O–H groups in total. The molecule has 0 unspecified atom stereocenters. The number of Topliss-reactive ketones (excluding diaryl/α,β-unsaturated/α-hetero) is 1. The number of ketones is 1. The van der Waals surface area contributed by atoms with E-state index >= 15 is 4.39 Å². The molecule has 0 bridgehead atoms. The summed E-state index contributed by atoms with van der Waals surface area (Å²) in [6, 6.07) is 0. The van der Waals surface area contributed by atoms with E-state index in [0.29, 0.717) is 37.9 Å². The minimum Gasteiger partial charge on any atom is -0.394 e. The van der Waals surface area contributed by atoms with E-state index in [9.17, 15) is 40.5 Å². The topological polar surface area (TPSA) is 189 Å². The average Bonchev–Trinajstić information content (AvgIpc) is 3.18. The van der Waals surface area contributed by atoms with Gasteiger partial charge in [-0.2, -0.15) is 0 Å². The highest BCUT2D eigenvalue weighted by Crippen LogP contribution is 2.70. The van der Waals surface area contributed by atoms with Crippen LogP contribution in [0.2, 0.25) is 0 Å². The number of halogens is 1. The van der Waals surface area contributed by atoms with Crippen LogP contribution in [-0.2, 0) is 14.3 Å². The summed E-state index contributed by atoms with van der Waals surface area (Å²) in [4.78, 5) is 17.4. The number of aliphatic hydroxyl groups is 7. The quantitative estimate of drug-likeness (QED) is 0.184. The first-order valence-electron chi connectivity index (χ1n) is 15.3. The van der Waals surface area contributed by atoms with Crippen molar-refractivity contribution < 1.29 is 54.4 Å². The molecule has 0 amide bonds. The molecular weight excluding hydrogens is 565 g/mol. The highest BCUT2D eigenvalue weighted by atomic mass is 19.1. The molecule has 242 valence electrons. The van der Waals surface area contributed by atoms with Gasteiger partial charge in [0.25, 0.3) is 0 Å². The molecule has 11 nitrogen and oxygen atoms in total. The van der Waals surface area contributed by atoms with Gasteiger partial charge in [0.2, 0.25) is 0 Å². The Kier molecular flexibility index (Phi) is 8.87. The summed E-state index contributed by atoms with van der Waals surface area (Å²) in [5, 5.41) is 71.9. The molecule has 1 aliphatic heterocycles. The first-order chi connectivity index (χ1) is 20.2. The second-order valence-corrected chi connectivity index (χ2v) is 13.6. The third-order valence-electron chi connectivity index (χ3n) is 11.5. The molecule has 3 saturated carbocycles. The SMILES string of the molecule is C[C@@H]1C[C@H]2[C@@H]3CCC4=CC(=NCCCO[C@H]5O[C@H](CO)[C@@H](O)[C@H](O)[C@@H]5O)C=C[C@]4(C)[C@@]3(F)[C@@H](O)C[C@]2(C)[C@@]1(O)C(=O)CO. The lowest BCUT2D eigenvalue weighted by Gasteiger charge is -2.62. The minimum absolute atomic E-state index is 0.0939. The van der Waals surface area contributed by atoms with Crippen molar-refractivity contribution in [1.82, 2.24) is 0 Å². The maximum absolute atomic E-state index is 17.5. The monoisotopic (exact) mass is 611 g/mol. The summed E-state index contributed by atoms with van der Waals surface area (Å²) in [5.74, 6) is -2.09. The van der Waals surface area contributed by atoms with E-state index in [0.717, 1.165) is 5.57 Å². The summed E-state index contributed by atoms with van der Waals surface area (Å²) in [6.45, 7) is 4.44. The van der Waals surface area contributed by atoms with E-state index in [1.54, 1.807) is 32.9 Å². The van der Waals surface area contributed by atoms with Gasteiger partial charge >= 0.3 is 0 Å². The van der Waals surface area contributed by atoms with Crippen molar-refractivity contribution >= 4 is 11.5 Å². The van der Waals surface area contributed by atoms with Crippen LogP contribution < -0.4 is 0 Å². The Labute approximate surface area is 250 Å². The first kappa shape index (κ1) is 32.8. The Morgan fingerprint density at radius 3 is 2.53 bits per heavy atom. The third-order valence-corrected chi connectivity index (χ3v) is 11.5. The summed E-state index contributed by atoms with van der Waals surface area (Å²) in [5.41, 5.74) is -4.55. The Bertz CT molecular complexity index is 1180. The van der Waals surface area contributed by atoms with Crippen LogP contribution in [0.15, 0.2) is 28.8 Å². The molecule has 5 rings (SSSR count). The van der Waals surface area contributed by atoms with E-state index in [2.05, 4.69) is 4.99 Å². The van der Waals surface area contributed by atoms with Gasteiger partial charge in [0.1, 0.15) is 36.6 Å². The van der Waals surface area contributed by atoms with Gasteiger partial charge in [0.15, 0.2) is 17.7 Å². The van der Waals surface area contributed by atoms with Crippen LogP contribution in [0.4, 0.5) is 4.39 Å². The maximum atomic E-state index is 17.5. The van der Waals surface area contributed by atoms with Gasteiger partial charge in [-0.25, -0.2) is 4.39 Å². The number of nitrogens with zero attached hydrogens (tertiary/aromatic N) is 1. The second kappa shape index (κ2) is 11.6. The zero-order valence-corrected chi connectivity index (χ0v) is 25.0. The number of aliphatic hydroxyl groups excluding tert-OH is 6. The summed E-state index contributed by atoms with van der Waals surface area (Å²) >= 11 is 0. The predicted octanol–water partition coefficient (Wildman–Crippen LogP) is -0.0258. The van der Waals surface area contributed by atoms with E-state index < -0.39 is 89.7 Å². The van der Waals surface area contributed by atoms with Crippen LogP contribution in [0.5, 0.6) is 0 Å². The van der Waals surface area contributed by atoms with Gasteiger partial charge in [-0.15, -0.1) is 0 Å². The molecular formula is C31H46FNO10. The molecule has 43 heavy (non-hydrogen) atoms. The van der Waals surface area contributed by atoms with Gasteiger partial charge in [-0.3, -0.25) is 9.79 Å². The molecule has 0 radical (unpaired) electrons. The van der Waals surface area contributed by atoms with Crippen molar-refractivity contribution in [1.29, 1.82) is 0 Å². The number of rotatable bonds is 8. The van der Waals surface area contributed by atoms with Gasteiger partial charge in [0.05, 0.1) is 25.0 Å². The summed E-state index contributed by atoms with van der Waals surface area (Å²) < 4.78 is 28.4. The van der Waals surface area contributed by atoms with Crippen LogP contribution in [-0.4, -0.2) is 122 Å². The highest BCUT2D eigenvalue weighted by Gasteiger charge is 2.75. The van der Waals surface area contributed by atoms with E-state index in [1.165, 1.54) is 0 Å². The first-order valence-corrected chi connectivity index (χ1v) is 15.3. The highest BCUT2D eigenvalue weighted by molar-refractivity contribution is 6.06. The fraction of sp³-hybridized carbons (Fsp3) is 0.806. The van der Waals surface area contributed by atoms with Crippen molar-refractivity contribution in [2.75, 3.05) is 26.4 Å². The molecule has 12 heteroatoms. The van der Waals surface area contributed by atoms with E-state index in [4.69, 9.17) is 9.47 Å². The number of alkyl halides is 1. The molecule has 0 aromatic carbocycles. The Morgan fingerprint density at radius 1 is 1.14 bits per heavy atom. The minimum atomic E-state index is -2.02. The summed E-state index contributed by atoms with van der Waals surface area (Å²) in [7, 11) is 0. The van der Waals surface area contributed by atoms with Gasteiger partial charge in [0, 0.05) is 23.3 Å². The average molecular weight is 612 g/mol. The van der Waals surface area contributed by atoms with Gasteiger partial charge in [-0.1, -0.05) is 25.5 Å². The number of carbonyl (C=O) groups excluding carboxylic acids is 1. The van der Waals surface area contributed by atoms with Crippen molar-refractivity contribution in [3.8, 4) is 0 Å². The van der Waals surface area contributed by atoms with E-state index in [1.807, 2.05) is 6.08 Å². The zero-order chi connectivity index (χ0) is 31.5. The van der Waals surface area contributed by atoms with Gasteiger partial charge in [-0.05, 0) is 63.0 Å². The summed E-state index contributed by atoms with van der Waals surface area (Å²) in [6.07, 6.45) is -0.968. The molecule has 0 spiro atoms. The van der Waals surface area contributed by atoms with Crippen molar-refractivity contribution in [3.63, 3.8) is 0 Å². The maximum Gasteiger partial charge on any atom is 0.190 e. The van der Waals surface area contributed by atoms with Crippen LogP contribution in [0.3, 0.4) is 0 Å². The fourth-order valence-electron chi connectivity index (χ4n) is 9.05. The number of hydrogen-bond donors (Lipinski definition) is 7. The molecule has 0 aromatic heterocycles. The number of ether oxygens (including phenoxy) is 2. The zero-order valence-electron chi connectivity index (χ0n) is 25.0.